The number of rotatable bonds is 9. The monoisotopic (exact) mass is 433 g/mol. The van der Waals surface area contributed by atoms with Crippen molar-refractivity contribution in [3.8, 4) is 0 Å². The van der Waals surface area contributed by atoms with Crippen LogP contribution in [0.1, 0.15) is 97.5 Å². The van der Waals surface area contributed by atoms with Gasteiger partial charge in [-0.2, -0.15) is 0 Å². The number of hydrogen-bond acceptors (Lipinski definition) is 1. The zero-order valence-corrected chi connectivity index (χ0v) is 21.4. The summed E-state index contributed by atoms with van der Waals surface area (Å²) in [6.45, 7) is 16.7. The first kappa shape index (κ1) is 26.2. The molecule has 0 amide bonds. The van der Waals surface area contributed by atoms with Gasteiger partial charge in [0.1, 0.15) is 0 Å². The fourth-order valence-corrected chi connectivity index (χ4v) is 5.73. The summed E-state index contributed by atoms with van der Waals surface area (Å²) in [5, 5.41) is 0. The Bertz CT molecular complexity index is 758. The first-order valence-electron chi connectivity index (χ1n) is 13.0. The molecule has 0 radical (unpaired) electrons. The van der Waals surface area contributed by atoms with Gasteiger partial charge in [-0.1, -0.05) is 114 Å². The van der Waals surface area contributed by atoms with Gasteiger partial charge in [0, 0.05) is 12.2 Å². The number of likely N-dealkylation sites (N-methyl/N-ethyl adjacent to an activating group) is 1. The van der Waals surface area contributed by atoms with Crippen LogP contribution >= 0.6 is 0 Å². The van der Waals surface area contributed by atoms with Crippen LogP contribution in [0.4, 0.5) is 5.69 Å². The van der Waals surface area contributed by atoms with E-state index in [1.165, 1.54) is 62.6 Å². The van der Waals surface area contributed by atoms with Crippen molar-refractivity contribution in [1.29, 1.82) is 0 Å². The summed E-state index contributed by atoms with van der Waals surface area (Å²) in [5.74, 6) is 1.71. The number of hydrogen-bond donors (Lipinski definition) is 0. The van der Waals surface area contributed by atoms with Crippen LogP contribution in [-0.4, -0.2) is 12.1 Å². The Morgan fingerprint density at radius 1 is 0.875 bits per heavy atom. The van der Waals surface area contributed by atoms with Gasteiger partial charge >= 0.3 is 0 Å². The van der Waals surface area contributed by atoms with Gasteiger partial charge in [0.05, 0.1) is 5.54 Å². The molecule has 2 aromatic rings. The van der Waals surface area contributed by atoms with Crippen molar-refractivity contribution in [1.82, 2.24) is 0 Å². The van der Waals surface area contributed by atoms with E-state index in [-0.39, 0.29) is 5.54 Å². The van der Waals surface area contributed by atoms with Gasteiger partial charge in [-0.25, -0.2) is 0 Å². The molecule has 0 saturated heterocycles. The maximum Gasteiger partial charge on any atom is 0.0608 e. The molecule has 0 aliphatic heterocycles. The van der Waals surface area contributed by atoms with Crippen molar-refractivity contribution in [2.75, 3.05) is 11.4 Å². The van der Waals surface area contributed by atoms with Crippen molar-refractivity contribution in [2.45, 2.75) is 97.4 Å². The van der Waals surface area contributed by atoms with E-state index in [9.17, 15) is 0 Å². The molecule has 176 valence electrons. The van der Waals surface area contributed by atoms with Crippen LogP contribution in [0.5, 0.6) is 0 Å². The molecular formula is C31H47N. The highest BCUT2D eigenvalue weighted by molar-refractivity contribution is 5.51. The van der Waals surface area contributed by atoms with Crippen LogP contribution in [-0.2, 0) is 0 Å². The van der Waals surface area contributed by atoms with Crippen LogP contribution < -0.4 is 4.90 Å². The molecule has 2 atom stereocenters. The lowest BCUT2D eigenvalue weighted by atomic mass is 9.76. The highest BCUT2D eigenvalue weighted by Gasteiger charge is 2.35. The van der Waals surface area contributed by atoms with Crippen LogP contribution in [0.3, 0.4) is 0 Å². The number of nitrogens with zero attached hydrogens (tertiary/aromatic N) is 1. The third kappa shape index (κ3) is 6.74. The molecule has 0 bridgehead atoms. The van der Waals surface area contributed by atoms with Crippen molar-refractivity contribution >= 4 is 5.69 Å². The highest BCUT2D eigenvalue weighted by Crippen LogP contribution is 2.38. The minimum atomic E-state index is 0.111. The lowest BCUT2D eigenvalue weighted by molar-refractivity contribution is 0.330. The zero-order chi connectivity index (χ0) is 23.4. The third-order valence-corrected chi connectivity index (χ3v) is 7.36. The van der Waals surface area contributed by atoms with E-state index in [0.29, 0.717) is 0 Å². The molecule has 1 fully saturated rings. The molecule has 0 spiro atoms. The second kappa shape index (κ2) is 13.5. The van der Waals surface area contributed by atoms with Crippen molar-refractivity contribution in [3.05, 3.63) is 78.4 Å². The Morgan fingerprint density at radius 2 is 1.41 bits per heavy atom. The first-order chi connectivity index (χ1) is 15.5. The van der Waals surface area contributed by atoms with Gasteiger partial charge in [-0.05, 0) is 62.6 Å². The summed E-state index contributed by atoms with van der Waals surface area (Å²) in [6, 6.07) is 21.8. The zero-order valence-electron chi connectivity index (χ0n) is 21.4. The average molecular weight is 434 g/mol. The average Bonchev–Trinajstić information content (AvgIpc) is 2.81. The largest absolute Gasteiger partial charge is 0.362 e. The molecule has 1 nitrogen and oxygen atoms in total. The maximum absolute atomic E-state index is 4.32. The number of anilines is 1. The summed E-state index contributed by atoms with van der Waals surface area (Å²) < 4.78 is 0. The van der Waals surface area contributed by atoms with Crippen LogP contribution in [0.15, 0.2) is 72.8 Å². The van der Waals surface area contributed by atoms with E-state index >= 15 is 0 Å². The standard InChI is InChI=1S/C18H29N.C13H18/c1-6-14-18(15-7-2,16(4)5)19(8-3)17-12-10-9-11-13-17;1-11-7-5-6-10-13(11)12-8-3-2-4-9-12/h9-13H,4,6-8,14-15H2,1-3,5H3;2-4,8-9,11,13H,5-7,10H2,1H3/t;11-,13?/m.1/s1. The molecule has 3 rings (SSSR count). The summed E-state index contributed by atoms with van der Waals surface area (Å²) in [4.78, 5) is 2.54. The molecule has 1 unspecified atom stereocenters. The lowest BCUT2D eigenvalue weighted by Crippen LogP contribution is -2.49. The van der Waals surface area contributed by atoms with Crippen LogP contribution in [0.25, 0.3) is 0 Å². The van der Waals surface area contributed by atoms with Gasteiger partial charge < -0.3 is 4.90 Å². The quantitative estimate of drug-likeness (QED) is 0.356. The Balaban J connectivity index is 0.000000242. The highest BCUT2D eigenvalue weighted by atomic mass is 15.2. The molecule has 1 aliphatic rings. The first-order valence-corrected chi connectivity index (χ1v) is 13.0. The topological polar surface area (TPSA) is 3.24 Å². The molecular weight excluding hydrogens is 386 g/mol. The molecule has 0 heterocycles. The maximum atomic E-state index is 4.32. The predicted molar refractivity (Wildman–Crippen MR) is 144 cm³/mol. The summed E-state index contributed by atoms with van der Waals surface area (Å²) in [5.41, 5.74) is 4.27. The van der Waals surface area contributed by atoms with Gasteiger partial charge in [-0.3, -0.25) is 0 Å². The van der Waals surface area contributed by atoms with Crippen molar-refractivity contribution < 1.29 is 0 Å². The Morgan fingerprint density at radius 3 is 1.88 bits per heavy atom. The normalized spacial score (nSPS) is 18.4. The number of para-hydroxylation sites is 1. The molecule has 32 heavy (non-hydrogen) atoms. The van der Waals surface area contributed by atoms with Gasteiger partial charge in [0.25, 0.3) is 0 Å². The second-order valence-electron chi connectivity index (χ2n) is 9.67. The Labute approximate surface area is 198 Å². The Kier molecular flexibility index (Phi) is 11.1. The van der Waals surface area contributed by atoms with E-state index in [0.717, 1.165) is 18.4 Å². The molecule has 0 aromatic heterocycles. The van der Waals surface area contributed by atoms with E-state index in [4.69, 9.17) is 0 Å². The minimum Gasteiger partial charge on any atom is -0.362 e. The predicted octanol–water partition coefficient (Wildman–Crippen LogP) is 9.41. The molecule has 0 N–H and O–H groups in total. The van der Waals surface area contributed by atoms with Gasteiger partial charge in [-0.15, -0.1) is 0 Å². The van der Waals surface area contributed by atoms with E-state index in [1.54, 1.807) is 5.56 Å². The second-order valence-corrected chi connectivity index (χ2v) is 9.67. The summed E-state index contributed by atoms with van der Waals surface area (Å²) in [7, 11) is 0. The minimum absolute atomic E-state index is 0.111. The van der Waals surface area contributed by atoms with Crippen LogP contribution in [0.2, 0.25) is 0 Å². The molecule has 2 aromatic carbocycles. The fraction of sp³-hybridized carbons (Fsp3) is 0.548. The summed E-state index contributed by atoms with van der Waals surface area (Å²) >= 11 is 0. The number of benzene rings is 2. The van der Waals surface area contributed by atoms with E-state index in [1.807, 2.05) is 0 Å². The van der Waals surface area contributed by atoms with Crippen molar-refractivity contribution in [3.63, 3.8) is 0 Å². The SMILES string of the molecule is C=C(C)C(CCC)(CCC)N(CC)c1ccccc1.C[C@@H]1CCCCC1c1ccccc1. The van der Waals surface area contributed by atoms with Gasteiger partial charge in [0.2, 0.25) is 0 Å². The molecule has 1 aliphatic carbocycles. The summed E-state index contributed by atoms with van der Waals surface area (Å²) in [6.07, 6.45) is 10.4. The third-order valence-electron chi connectivity index (χ3n) is 7.36. The fourth-order valence-electron chi connectivity index (χ4n) is 5.73. The van der Waals surface area contributed by atoms with Crippen molar-refractivity contribution in [2.24, 2.45) is 5.92 Å². The lowest BCUT2D eigenvalue weighted by Gasteiger charge is -2.46. The van der Waals surface area contributed by atoms with Gasteiger partial charge in [0.15, 0.2) is 0 Å². The molecule has 1 heteroatoms. The Hall–Kier alpha value is -2.02. The van der Waals surface area contributed by atoms with E-state index < -0.39 is 0 Å². The molecule has 1 saturated carbocycles. The van der Waals surface area contributed by atoms with Crippen LogP contribution in [0, 0.1) is 5.92 Å². The van der Waals surface area contributed by atoms with E-state index in [2.05, 4.69) is 107 Å². The smallest absolute Gasteiger partial charge is 0.0608 e.